The summed E-state index contributed by atoms with van der Waals surface area (Å²) in [6.45, 7) is 1.26. The van der Waals surface area contributed by atoms with Crippen molar-refractivity contribution in [1.82, 2.24) is 14.9 Å². The molecule has 2 aromatic heterocycles. The quantitative estimate of drug-likeness (QED) is 0.800. The van der Waals surface area contributed by atoms with Crippen LogP contribution in [0.4, 0.5) is 13.2 Å². The Hall–Kier alpha value is -2.43. The second kappa shape index (κ2) is 7.21. The molecule has 2 aromatic rings. The monoisotopic (exact) mass is 377 g/mol. The number of aryl methyl sites for hydroxylation is 1. The van der Waals surface area contributed by atoms with Gasteiger partial charge in [0.15, 0.2) is 0 Å². The minimum absolute atomic E-state index is 0.138. The van der Waals surface area contributed by atoms with Crippen LogP contribution in [0.15, 0.2) is 11.1 Å². The second-order valence-corrected chi connectivity index (χ2v) is 6.03. The van der Waals surface area contributed by atoms with Gasteiger partial charge in [-0.05, 0) is 19.4 Å². The van der Waals surface area contributed by atoms with Gasteiger partial charge in [-0.15, -0.1) is 11.3 Å². The Morgan fingerprint density at radius 3 is 2.68 bits per heavy atom. The van der Waals surface area contributed by atoms with Crippen molar-refractivity contribution >= 4 is 33.4 Å². The molecule has 0 saturated carbocycles. The van der Waals surface area contributed by atoms with Gasteiger partial charge in [-0.3, -0.25) is 14.2 Å². The van der Waals surface area contributed by atoms with Crippen LogP contribution in [-0.2, 0) is 16.1 Å². The zero-order valence-corrected chi connectivity index (χ0v) is 14.1. The second-order valence-electron chi connectivity index (χ2n) is 5.03. The fourth-order valence-electron chi connectivity index (χ4n) is 2.07. The van der Waals surface area contributed by atoms with E-state index in [4.69, 9.17) is 4.74 Å². The van der Waals surface area contributed by atoms with Crippen LogP contribution in [0.1, 0.15) is 22.2 Å². The highest BCUT2D eigenvalue weighted by Crippen LogP contribution is 2.27. The minimum Gasteiger partial charge on any atom is -0.462 e. The summed E-state index contributed by atoms with van der Waals surface area (Å²) in [6, 6.07) is 0. The molecule has 0 aliphatic rings. The van der Waals surface area contributed by atoms with Crippen LogP contribution in [0.25, 0.3) is 10.2 Å². The largest absolute Gasteiger partial charge is 0.462 e. The first kappa shape index (κ1) is 18.9. The summed E-state index contributed by atoms with van der Waals surface area (Å²) >= 11 is 0.979. The number of alkyl halides is 3. The van der Waals surface area contributed by atoms with Gasteiger partial charge in [0.1, 0.15) is 22.8 Å². The SMILES string of the molecule is CCOC(=O)c1sc2ncn(CC(=O)NCC(F)(F)F)c(=O)c2c1C. The molecule has 0 aliphatic heterocycles. The van der Waals surface area contributed by atoms with Crippen LogP contribution < -0.4 is 10.9 Å². The normalized spacial score (nSPS) is 11.6. The van der Waals surface area contributed by atoms with Crippen LogP contribution in [0.3, 0.4) is 0 Å². The smallest absolute Gasteiger partial charge is 0.405 e. The maximum atomic E-state index is 12.5. The molecule has 1 N–H and O–H groups in total. The zero-order valence-electron chi connectivity index (χ0n) is 13.3. The van der Waals surface area contributed by atoms with Crippen LogP contribution in [0, 0.1) is 6.92 Å². The van der Waals surface area contributed by atoms with E-state index in [-0.39, 0.29) is 21.7 Å². The van der Waals surface area contributed by atoms with E-state index < -0.39 is 36.7 Å². The number of nitrogens with zero attached hydrogens (tertiary/aromatic N) is 2. The molecule has 7 nitrogen and oxygen atoms in total. The molecular weight excluding hydrogens is 363 g/mol. The van der Waals surface area contributed by atoms with Crippen molar-refractivity contribution in [3.63, 3.8) is 0 Å². The van der Waals surface area contributed by atoms with Gasteiger partial charge in [-0.1, -0.05) is 0 Å². The highest BCUT2D eigenvalue weighted by molar-refractivity contribution is 7.20. The topological polar surface area (TPSA) is 90.3 Å². The number of esters is 1. The number of thiophene rings is 1. The number of amides is 1. The summed E-state index contributed by atoms with van der Waals surface area (Å²) in [4.78, 5) is 40.4. The Labute approximate surface area is 143 Å². The third-order valence-electron chi connectivity index (χ3n) is 3.18. The molecular formula is C14H14F3N3O4S. The molecule has 1 amide bonds. The molecule has 136 valence electrons. The average molecular weight is 377 g/mol. The van der Waals surface area contributed by atoms with Crippen LogP contribution in [-0.4, -0.2) is 40.8 Å². The average Bonchev–Trinajstić information content (AvgIpc) is 2.85. The van der Waals surface area contributed by atoms with E-state index in [0.717, 1.165) is 22.2 Å². The lowest BCUT2D eigenvalue weighted by molar-refractivity contribution is -0.138. The number of hydrogen-bond donors (Lipinski definition) is 1. The summed E-state index contributed by atoms with van der Waals surface area (Å²) < 4.78 is 42.1. The number of ether oxygens (including phenoxy) is 1. The molecule has 2 rings (SSSR count). The lowest BCUT2D eigenvalue weighted by atomic mass is 10.2. The number of rotatable bonds is 5. The minimum atomic E-state index is -4.54. The lowest BCUT2D eigenvalue weighted by Crippen LogP contribution is -2.37. The highest BCUT2D eigenvalue weighted by atomic mass is 32.1. The van der Waals surface area contributed by atoms with Crippen LogP contribution in [0.2, 0.25) is 0 Å². The third-order valence-corrected chi connectivity index (χ3v) is 4.36. The molecule has 25 heavy (non-hydrogen) atoms. The van der Waals surface area contributed by atoms with Gasteiger partial charge in [0.05, 0.1) is 18.3 Å². The van der Waals surface area contributed by atoms with E-state index in [1.165, 1.54) is 0 Å². The molecule has 2 heterocycles. The highest BCUT2D eigenvalue weighted by Gasteiger charge is 2.28. The zero-order chi connectivity index (χ0) is 18.8. The summed E-state index contributed by atoms with van der Waals surface area (Å²) in [5.74, 6) is -1.56. The Morgan fingerprint density at radius 2 is 2.08 bits per heavy atom. The van der Waals surface area contributed by atoms with Gasteiger partial charge in [-0.2, -0.15) is 13.2 Å². The van der Waals surface area contributed by atoms with E-state index in [1.807, 2.05) is 0 Å². The molecule has 0 spiro atoms. The summed E-state index contributed by atoms with van der Waals surface area (Å²) in [6.07, 6.45) is -3.48. The predicted octanol–water partition coefficient (Wildman–Crippen LogP) is 1.62. The summed E-state index contributed by atoms with van der Waals surface area (Å²) in [7, 11) is 0. The van der Waals surface area contributed by atoms with Gasteiger partial charge in [-0.25, -0.2) is 9.78 Å². The summed E-state index contributed by atoms with van der Waals surface area (Å²) in [5.41, 5.74) is -0.252. The fourth-order valence-corrected chi connectivity index (χ4v) is 3.11. The molecule has 0 aliphatic carbocycles. The maximum Gasteiger partial charge on any atom is 0.405 e. The van der Waals surface area contributed by atoms with E-state index in [1.54, 1.807) is 19.2 Å². The number of halogens is 3. The number of aromatic nitrogens is 2. The van der Waals surface area contributed by atoms with E-state index in [9.17, 15) is 27.6 Å². The van der Waals surface area contributed by atoms with Crippen molar-refractivity contribution in [3.8, 4) is 0 Å². The van der Waals surface area contributed by atoms with Gasteiger partial charge < -0.3 is 10.1 Å². The molecule has 0 bridgehead atoms. The number of hydrogen-bond acceptors (Lipinski definition) is 6. The number of nitrogens with one attached hydrogen (secondary N) is 1. The molecule has 0 aromatic carbocycles. The molecule has 0 fully saturated rings. The first-order valence-corrected chi connectivity index (χ1v) is 7.94. The fraction of sp³-hybridized carbons (Fsp3) is 0.429. The van der Waals surface area contributed by atoms with Crippen molar-refractivity contribution in [2.24, 2.45) is 0 Å². The number of carbonyl (C=O) groups excluding carboxylic acids is 2. The molecule has 0 radical (unpaired) electrons. The van der Waals surface area contributed by atoms with Gasteiger partial charge in [0.25, 0.3) is 5.56 Å². The Kier molecular flexibility index (Phi) is 5.45. The molecule has 0 atom stereocenters. The Morgan fingerprint density at radius 1 is 1.40 bits per heavy atom. The Balaban J connectivity index is 2.30. The summed E-state index contributed by atoms with van der Waals surface area (Å²) in [5, 5.41) is 1.82. The first-order valence-electron chi connectivity index (χ1n) is 7.13. The molecule has 0 unspecified atom stereocenters. The van der Waals surface area contributed by atoms with Gasteiger partial charge >= 0.3 is 12.1 Å². The van der Waals surface area contributed by atoms with Gasteiger partial charge in [0, 0.05) is 0 Å². The van der Waals surface area contributed by atoms with Gasteiger partial charge in [0.2, 0.25) is 5.91 Å². The molecule has 11 heteroatoms. The van der Waals surface area contributed by atoms with Crippen molar-refractivity contribution in [3.05, 3.63) is 27.1 Å². The maximum absolute atomic E-state index is 12.5. The van der Waals surface area contributed by atoms with Crippen molar-refractivity contribution in [2.75, 3.05) is 13.2 Å². The van der Waals surface area contributed by atoms with E-state index in [2.05, 4.69) is 4.98 Å². The van der Waals surface area contributed by atoms with E-state index in [0.29, 0.717) is 5.56 Å². The first-order chi connectivity index (χ1) is 11.6. The van der Waals surface area contributed by atoms with Crippen LogP contribution >= 0.6 is 11.3 Å². The van der Waals surface area contributed by atoms with Crippen molar-refractivity contribution in [2.45, 2.75) is 26.6 Å². The third kappa shape index (κ3) is 4.35. The van der Waals surface area contributed by atoms with Crippen molar-refractivity contribution < 1.29 is 27.5 Å². The number of carbonyl (C=O) groups is 2. The van der Waals surface area contributed by atoms with Crippen LogP contribution in [0.5, 0.6) is 0 Å². The lowest BCUT2D eigenvalue weighted by Gasteiger charge is -2.09. The predicted molar refractivity (Wildman–Crippen MR) is 83.6 cm³/mol. The number of fused-ring (bicyclic) bond motifs is 1. The van der Waals surface area contributed by atoms with E-state index >= 15 is 0 Å². The Bertz CT molecular complexity index is 873. The standard InChI is InChI=1S/C14H14F3N3O4S/c1-3-24-13(23)10-7(2)9-11(25-10)19-6-20(12(9)22)4-8(21)18-5-14(15,16)17/h6H,3-5H2,1-2H3,(H,18,21). The van der Waals surface area contributed by atoms with Crippen molar-refractivity contribution in [1.29, 1.82) is 0 Å². The molecule has 0 saturated heterocycles.